The summed E-state index contributed by atoms with van der Waals surface area (Å²) in [4.78, 5) is 53.7. The molecule has 1 fully saturated rings. The van der Waals surface area contributed by atoms with E-state index in [4.69, 9.17) is 19.0 Å². The van der Waals surface area contributed by atoms with Crippen molar-refractivity contribution in [1.82, 2.24) is 10.8 Å². The Labute approximate surface area is 243 Å². The van der Waals surface area contributed by atoms with Crippen molar-refractivity contribution in [2.45, 2.75) is 116 Å². The van der Waals surface area contributed by atoms with Crippen molar-refractivity contribution in [3.63, 3.8) is 0 Å². The molecule has 1 aliphatic carbocycles. The van der Waals surface area contributed by atoms with Crippen LogP contribution < -0.4 is 20.9 Å². The van der Waals surface area contributed by atoms with Gasteiger partial charge in [-0.3, -0.25) is 14.4 Å². The SMILES string of the molecule is CCONC(=O)CCCCCCC(=O)Nc1ccc(OCC[C@H](NC(=O)OC(C)(C)C)C(=O)OC2CCCC2)cc1. The van der Waals surface area contributed by atoms with Gasteiger partial charge in [0.05, 0.1) is 13.2 Å². The van der Waals surface area contributed by atoms with Crippen molar-refractivity contribution in [2.24, 2.45) is 0 Å². The summed E-state index contributed by atoms with van der Waals surface area (Å²) in [6.07, 6.45) is 7.15. The molecule has 1 saturated carbocycles. The normalized spacial score (nSPS) is 14.1. The predicted octanol–water partition coefficient (Wildman–Crippen LogP) is 5.18. The number of hydroxylamine groups is 1. The number of amides is 3. The number of nitrogens with one attached hydrogen (secondary N) is 3. The molecule has 3 amide bonds. The zero-order chi connectivity index (χ0) is 30.1. The lowest BCUT2D eigenvalue weighted by atomic mass is 10.1. The minimum atomic E-state index is -0.892. The van der Waals surface area contributed by atoms with E-state index in [9.17, 15) is 19.2 Å². The van der Waals surface area contributed by atoms with Gasteiger partial charge in [0.2, 0.25) is 11.8 Å². The van der Waals surface area contributed by atoms with Gasteiger partial charge in [0.1, 0.15) is 23.5 Å². The van der Waals surface area contributed by atoms with Crippen LogP contribution in [0.3, 0.4) is 0 Å². The molecule has 0 heterocycles. The number of alkyl carbamates (subject to hydrolysis) is 1. The third-order valence-electron chi connectivity index (χ3n) is 6.26. The van der Waals surface area contributed by atoms with Crippen LogP contribution in [0.1, 0.15) is 98.3 Å². The number of rotatable bonds is 17. The van der Waals surface area contributed by atoms with Crippen LogP contribution in [0.2, 0.25) is 0 Å². The summed E-state index contributed by atoms with van der Waals surface area (Å²) in [6, 6.07) is 6.06. The van der Waals surface area contributed by atoms with Crippen LogP contribution in [-0.4, -0.2) is 54.8 Å². The lowest BCUT2D eigenvalue weighted by Crippen LogP contribution is -2.45. The van der Waals surface area contributed by atoms with Gasteiger partial charge in [-0.2, -0.15) is 0 Å². The highest BCUT2D eigenvalue weighted by molar-refractivity contribution is 5.90. The third kappa shape index (κ3) is 15.3. The van der Waals surface area contributed by atoms with E-state index in [0.717, 1.165) is 51.4 Å². The minimum absolute atomic E-state index is 0.0791. The second-order valence-corrected chi connectivity index (χ2v) is 11.1. The molecule has 0 saturated heterocycles. The maximum atomic E-state index is 12.8. The topological polar surface area (TPSA) is 141 Å². The second-order valence-electron chi connectivity index (χ2n) is 11.1. The van der Waals surface area contributed by atoms with Gasteiger partial charge in [0.25, 0.3) is 0 Å². The summed E-state index contributed by atoms with van der Waals surface area (Å²) in [7, 11) is 0. The number of carbonyl (C=O) groups excluding carboxylic acids is 4. The maximum absolute atomic E-state index is 12.8. The Morgan fingerprint density at radius 1 is 0.927 bits per heavy atom. The molecular weight excluding hydrogens is 530 g/mol. The fourth-order valence-electron chi connectivity index (χ4n) is 4.23. The molecule has 1 atom stereocenters. The molecular formula is C30H47N3O8. The molecule has 0 radical (unpaired) electrons. The largest absolute Gasteiger partial charge is 0.493 e. The first-order valence-electron chi connectivity index (χ1n) is 14.7. The molecule has 0 aliphatic heterocycles. The molecule has 0 bridgehead atoms. The highest BCUT2D eigenvalue weighted by Gasteiger charge is 2.28. The van der Waals surface area contributed by atoms with Crippen molar-refractivity contribution in [1.29, 1.82) is 0 Å². The first-order chi connectivity index (χ1) is 19.6. The van der Waals surface area contributed by atoms with Crippen molar-refractivity contribution < 1.29 is 38.2 Å². The van der Waals surface area contributed by atoms with Crippen LogP contribution >= 0.6 is 0 Å². The molecule has 11 nitrogen and oxygen atoms in total. The van der Waals surface area contributed by atoms with Crippen LogP contribution in [0.15, 0.2) is 24.3 Å². The first kappa shape index (κ1) is 33.9. The van der Waals surface area contributed by atoms with Crippen molar-refractivity contribution >= 4 is 29.6 Å². The third-order valence-corrected chi connectivity index (χ3v) is 6.26. The summed E-state index contributed by atoms with van der Waals surface area (Å²) in [6.45, 7) is 7.66. The maximum Gasteiger partial charge on any atom is 0.408 e. The second kappa shape index (κ2) is 18.2. The first-order valence-corrected chi connectivity index (χ1v) is 14.7. The number of unbranched alkanes of at least 4 members (excludes halogenated alkanes) is 3. The quantitative estimate of drug-likeness (QED) is 0.131. The van der Waals surface area contributed by atoms with Gasteiger partial charge in [0, 0.05) is 24.9 Å². The van der Waals surface area contributed by atoms with Crippen molar-refractivity contribution in [3.8, 4) is 5.75 Å². The van der Waals surface area contributed by atoms with Crippen LogP contribution in [0.5, 0.6) is 5.75 Å². The zero-order valence-corrected chi connectivity index (χ0v) is 24.9. The van der Waals surface area contributed by atoms with E-state index >= 15 is 0 Å². The highest BCUT2D eigenvalue weighted by atomic mass is 16.6. The Morgan fingerprint density at radius 2 is 1.56 bits per heavy atom. The number of ether oxygens (including phenoxy) is 3. The number of hydrogen-bond donors (Lipinski definition) is 3. The number of esters is 1. The predicted molar refractivity (Wildman–Crippen MR) is 154 cm³/mol. The zero-order valence-electron chi connectivity index (χ0n) is 24.9. The fraction of sp³-hybridized carbons (Fsp3) is 0.667. The molecule has 1 aromatic rings. The minimum Gasteiger partial charge on any atom is -0.493 e. The summed E-state index contributed by atoms with van der Waals surface area (Å²) in [5.74, 6) is -0.131. The van der Waals surface area contributed by atoms with Crippen molar-refractivity contribution in [2.75, 3.05) is 18.5 Å². The molecule has 230 valence electrons. The van der Waals surface area contributed by atoms with E-state index < -0.39 is 23.7 Å². The lowest BCUT2D eigenvalue weighted by Gasteiger charge is -2.24. The Bertz CT molecular complexity index is 955. The van der Waals surface area contributed by atoms with E-state index in [-0.39, 0.29) is 30.9 Å². The van der Waals surface area contributed by atoms with Crippen LogP contribution in [0.4, 0.5) is 10.5 Å². The van der Waals surface area contributed by atoms with E-state index in [2.05, 4.69) is 16.1 Å². The molecule has 3 N–H and O–H groups in total. The summed E-state index contributed by atoms with van der Waals surface area (Å²) >= 11 is 0. The molecule has 2 rings (SSSR count). The molecule has 1 aromatic carbocycles. The Kier molecular flexibility index (Phi) is 15.0. The number of hydrogen-bond acceptors (Lipinski definition) is 8. The van der Waals surface area contributed by atoms with Gasteiger partial charge in [0.15, 0.2) is 0 Å². The molecule has 0 unspecified atom stereocenters. The average molecular weight is 578 g/mol. The number of anilines is 1. The van der Waals surface area contributed by atoms with E-state index in [1.807, 2.05) is 0 Å². The van der Waals surface area contributed by atoms with E-state index in [0.29, 0.717) is 30.9 Å². The Balaban J connectivity index is 1.72. The van der Waals surface area contributed by atoms with Crippen LogP contribution in [0.25, 0.3) is 0 Å². The molecule has 0 spiro atoms. The average Bonchev–Trinajstić information content (AvgIpc) is 3.41. The number of carbonyl (C=O) groups is 4. The van der Waals surface area contributed by atoms with E-state index in [1.54, 1.807) is 52.0 Å². The number of benzene rings is 1. The van der Waals surface area contributed by atoms with Crippen LogP contribution in [0, 0.1) is 0 Å². The van der Waals surface area contributed by atoms with Gasteiger partial charge in [-0.15, -0.1) is 0 Å². The van der Waals surface area contributed by atoms with Gasteiger partial charge < -0.3 is 24.8 Å². The smallest absolute Gasteiger partial charge is 0.408 e. The Morgan fingerprint density at radius 3 is 2.17 bits per heavy atom. The summed E-state index contributed by atoms with van der Waals surface area (Å²) < 4.78 is 16.7. The van der Waals surface area contributed by atoms with Crippen LogP contribution in [-0.2, 0) is 28.7 Å². The molecule has 11 heteroatoms. The summed E-state index contributed by atoms with van der Waals surface area (Å²) in [5, 5.41) is 5.49. The standard InChI is InChI=1S/C30H47N3O8/c1-5-39-33-27(35)15-9-7-6-8-14-26(34)31-22-16-18-23(19-17-22)38-21-20-25(32-29(37)41-30(2,3)4)28(36)40-24-12-10-11-13-24/h16-19,24-25H,5-15,20-21H2,1-4H3,(H,31,34)(H,32,37)(H,33,35)/t25-/m0/s1. The molecule has 0 aromatic heterocycles. The fourth-order valence-corrected chi connectivity index (χ4v) is 4.23. The van der Waals surface area contributed by atoms with Gasteiger partial charge in [-0.05, 0) is 90.5 Å². The summed E-state index contributed by atoms with van der Waals surface area (Å²) in [5.41, 5.74) is 2.33. The van der Waals surface area contributed by atoms with E-state index in [1.165, 1.54) is 0 Å². The van der Waals surface area contributed by atoms with Gasteiger partial charge >= 0.3 is 12.1 Å². The van der Waals surface area contributed by atoms with Gasteiger partial charge in [-0.25, -0.2) is 15.1 Å². The van der Waals surface area contributed by atoms with Crippen molar-refractivity contribution in [3.05, 3.63) is 24.3 Å². The lowest BCUT2D eigenvalue weighted by molar-refractivity contribution is -0.151. The highest BCUT2D eigenvalue weighted by Crippen LogP contribution is 2.22. The Hall–Kier alpha value is -3.34. The molecule has 1 aliphatic rings. The van der Waals surface area contributed by atoms with Gasteiger partial charge in [-0.1, -0.05) is 12.8 Å². The monoisotopic (exact) mass is 577 g/mol. The molecule has 41 heavy (non-hydrogen) atoms.